The molecule has 6 heteroatoms. The maximum Gasteiger partial charge on any atom is 0.226 e. The number of piperazine rings is 1. The number of amides is 1. The normalized spacial score (nSPS) is 20.8. The molecule has 0 saturated carbocycles. The summed E-state index contributed by atoms with van der Waals surface area (Å²) in [6.45, 7) is 4.17. The molecule has 4 rings (SSSR count). The third-order valence-electron chi connectivity index (χ3n) is 5.33. The van der Waals surface area contributed by atoms with E-state index in [1.54, 1.807) is 23.5 Å². The molecule has 142 valence electrons. The van der Waals surface area contributed by atoms with E-state index in [0.717, 1.165) is 68.3 Å². The van der Waals surface area contributed by atoms with Crippen molar-refractivity contribution in [2.75, 3.05) is 26.2 Å². The average molecular weight is 386 g/mol. The summed E-state index contributed by atoms with van der Waals surface area (Å²) in [7, 11) is 0. The molecule has 0 radical (unpaired) electrons. The van der Waals surface area contributed by atoms with Gasteiger partial charge in [0.1, 0.15) is 10.8 Å². The van der Waals surface area contributed by atoms with Crippen LogP contribution in [0.5, 0.6) is 0 Å². The van der Waals surface area contributed by atoms with Gasteiger partial charge in [0.15, 0.2) is 0 Å². The smallest absolute Gasteiger partial charge is 0.226 e. The van der Waals surface area contributed by atoms with Gasteiger partial charge < -0.3 is 4.90 Å². The maximum absolute atomic E-state index is 13.1. The number of benzene rings is 1. The number of hydrogen-bond acceptors (Lipinski definition) is 4. The second kappa shape index (κ2) is 8.31. The van der Waals surface area contributed by atoms with Crippen molar-refractivity contribution >= 4 is 17.2 Å². The fourth-order valence-corrected chi connectivity index (χ4v) is 4.55. The van der Waals surface area contributed by atoms with Crippen molar-refractivity contribution in [2.45, 2.75) is 25.8 Å². The topological polar surface area (TPSA) is 36.4 Å². The van der Waals surface area contributed by atoms with E-state index in [2.05, 4.69) is 22.4 Å². The molecule has 2 aromatic rings. The molecule has 2 heterocycles. The van der Waals surface area contributed by atoms with E-state index >= 15 is 0 Å². The van der Waals surface area contributed by atoms with Crippen LogP contribution in [-0.2, 0) is 11.3 Å². The van der Waals surface area contributed by atoms with Gasteiger partial charge >= 0.3 is 0 Å². The summed E-state index contributed by atoms with van der Waals surface area (Å²) in [4.78, 5) is 21.7. The van der Waals surface area contributed by atoms with E-state index in [0.29, 0.717) is 5.91 Å². The third-order valence-corrected chi connectivity index (χ3v) is 6.27. The zero-order chi connectivity index (χ0) is 18.6. The molecule has 0 bridgehead atoms. The van der Waals surface area contributed by atoms with Gasteiger partial charge in [0.2, 0.25) is 5.91 Å². The SMILES string of the molecule is O=C([C@H]1CC=CCC1)N1CCN(Cc2csc(-c3ccc(F)cc3)n2)CC1. The second-order valence-corrected chi connectivity index (χ2v) is 8.09. The Morgan fingerprint density at radius 2 is 1.93 bits per heavy atom. The van der Waals surface area contributed by atoms with Gasteiger partial charge in [-0.25, -0.2) is 9.37 Å². The van der Waals surface area contributed by atoms with Gasteiger partial charge in [-0.2, -0.15) is 0 Å². The lowest BCUT2D eigenvalue weighted by atomic mass is 9.93. The van der Waals surface area contributed by atoms with Crippen LogP contribution in [0.15, 0.2) is 41.8 Å². The first-order valence-electron chi connectivity index (χ1n) is 9.55. The fourth-order valence-electron chi connectivity index (χ4n) is 3.74. The van der Waals surface area contributed by atoms with Gasteiger partial charge in [0.25, 0.3) is 0 Å². The monoisotopic (exact) mass is 385 g/mol. The van der Waals surface area contributed by atoms with E-state index in [9.17, 15) is 9.18 Å². The summed E-state index contributed by atoms with van der Waals surface area (Å²) < 4.78 is 13.1. The minimum Gasteiger partial charge on any atom is -0.340 e. The summed E-state index contributed by atoms with van der Waals surface area (Å²) >= 11 is 1.59. The molecule has 27 heavy (non-hydrogen) atoms. The molecule has 0 unspecified atom stereocenters. The number of carbonyl (C=O) groups excluding carboxylic acids is 1. The van der Waals surface area contributed by atoms with E-state index in [1.165, 1.54) is 12.1 Å². The van der Waals surface area contributed by atoms with Gasteiger partial charge in [-0.3, -0.25) is 9.69 Å². The first-order chi connectivity index (χ1) is 13.2. The number of carbonyl (C=O) groups is 1. The molecular weight excluding hydrogens is 361 g/mol. The molecular formula is C21H24FN3OS. The number of thiazole rings is 1. The average Bonchev–Trinajstić information content (AvgIpc) is 3.18. The van der Waals surface area contributed by atoms with E-state index in [-0.39, 0.29) is 11.7 Å². The first kappa shape index (κ1) is 18.3. The Morgan fingerprint density at radius 1 is 1.15 bits per heavy atom. The van der Waals surface area contributed by atoms with Crippen LogP contribution in [0.1, 0.15) is 25.0 Å². The highest BCUT2D eigenvalue weighted by atomic mass is 32.1. The number of allylic oxidation sites excluding steroid dienone is 2. The Morgan fingerprint density at radius 3 is 2.63 bits per heavy atom. The molecule has 1 aromatic carbocycles. The molecule has 4 nitrogen and oxygen atoms in total. The van der Waals surface area contributed by atoms with Crippen molar-refractivity contribution < 1.29 is 9.18 Å². The zero-order valence-corrected chi connectivity index (χ0v) is 16.1. The van der Waals surface area contributed by atoms with Crippen LogP contribution in [0.2, 0.25) is 0 Å². The van der Waals surface area contributed by atoms with Crippen LogP contribution >= 0.6 is 11.3 Å². The van der Waals surface area contributed by atoms with Gasteiger partial charge in [0.05, 0.1) is 5.69 Å². The zero-order valence-electron chi connectivity index (χ0n) is 15.3. The van der Waals surface area contributed by atoms with Crippen molar-refractivity contribution in [3.05, 3.63) is 53.3 Å². The first-order valence-corrected chi connectivity index (χ1v) is 10.4. The Labute approximate surface area is 163 Å². The van der Waals surface area contributed by atoms with Crippen LogP contribution < -0.4 is 0 Å². The summed E-state index contributed by atoms with van der Waals surface area (Å²) in [5.74, 6) is 0.275. The fraction of sp³-hybridized carbons (Fsp3) is 0.429. The highest BCUT2D eigenvalue weighted by Crippen LogP contribution is 2.25. The highest BCUT2D eigenvalue weighted by Gasteiger charge is 2.27. The Balaban J connectivity index is 1.30. The van der Waals surface area contributed by atoms with E-state index in [1.807, 2.05) is 4.90 Å². The Kier molecular flexibility index (Phi) is 5.64. The minimum absolute atomic E-state index is 0.179. The molecule has 1 aliphatic carbocycles. The van der Waals surface area contributed by atoms with Gasteiger partial charge in [-0.15, -0.1) is 11.3 Å². The lowest BCUT2D eigenvalue weighted by Gasteiger charge is -2.36. The summed E-state index contributed by atoms with van der Waals surface area (Å²) in [5, 5.41) is 2.99. The molecule has 1 fully saturated rings. The van der Waals surface area contributed by atoms with Crippen molar-refractivity contribution in [2.24, 2.45) is 5.92 Å². The van der Waals surface area contributed by atoms with E-state index in [4.69, 9.17) is 4.98 Å². The maximum atomic E-state index is 13.1. The second-order valence-electron chi connectivity index (χ2n) is 7.23. The van der Waals surface area contributed by atoms with Crippen molar-refractivity contribution in [1.29, 1.82) is 0 Å². The molecule has 1 aliphatic heterocycles. The summed E-state index contributed by atoms with van der Waals surface area (Å²) in [5.41, 5.74) is 1.99. The Hall–Kier alpha value is -2.05. The van der Waals surface area contributed by atoms with Crippen LogP contribution in [0.3, 0.4) is 0 Å². The number of nitrogens with zero attached hydrogens (tertiary/aromatic N) is 3. The lowest BCUT2D eigenvalue weighted by Crippen LogP contribution is -2.50. The minimum atomic E-state index is -0.229. The van der Waals surface area contributed by atoms with Gasteiger partial charge in [-0.1, -0.05) is 12.2 Å². The van der Waals surface area contributed by atoms with Crippen molar-refractivity contribution in [1.82, 2.24) is 14.8 Å². The van der Waals surface area contributed by atoms with Crippen LogP contribution in [-0.4, -0.2) is 46.9 Å². The van der Waals surface area contributed by atoms with Gasteiger partial charge in [0, 0.05) is 49.6 Å². The Bertz CT molecular complexity index is 809. The van der Waals surface area contributed by atoms with Crippen LogP contribution in [0, 0.1) is 11.7 Å². The quantitative estimate of drug-likeness (QED) is 0.748. The molecule has 1 saturated heterocycles. The molecule has 2 aliphatic rings. The number of rotatable bonds is 4. The largest absolute Gasteiger partial charge is 0.340 e. The van der Waals surface area contributed by atoms with Crippen molar-refractivity contribution in [3.63, 3.8) is 0 Å². The van der Waals surface area contributed by atoms with E-state index < -0.39 is 0 Å². The van der Waals surface area contributed by atoms with Gasteiger partial charge in [-0.05, 0) is 43.5 Å². The number of hydrogen-bond donors (Lipinski definition) is 0. The number of aromatic nitrogens is 1. The third kappa shape index (κ3) is 4.45. The van der Waals surface area contributed by atoms with Crippen molar-refractivity contribution in [3.8, 4) is 10.6 Å². The van der Waals surface area contributed by atoms with Crippen LogP contribution in [0.25, 0.3) is 10.6 Å². The summed E-state index contributed by atoms with van der Waals surface area (Å²) in [6.07, 6.45) is 7.22. The number of halogens is 1. The molecule has 1 atom stereocenters. The van der Waals surface area contributed by atoms with Crippen LogP contribution in [0.4, 0.5) is 4.39 Å². The molecule has 0 spiro atoms. The standard InChI is InChI=1S/C21H24FN3OS/c22-18-8-6-16(7-9-18)20-23-19(15-27-20)14-24-10-12-25(13-11-24)21(26)17-4-2-1-3-5-17/h1-2,6-9,15,17H,3-5,10-14H2/t17-/m0/s1. The molecule has 1 aromatic heterocycles. The predicted octanol–water partition coefficient (Wildman–Crippen LogP) is 3.95. The predicted molar refractivity (Wildman–Crippen MR) is 106 cm³/mol. The molecule has 1 amide bonds. The summed E-state index contributed by atoms with van der Waals surface area (Å²) in [6, 6.07) is 6.47. The molecule has 0 N–H and O–H groups in total. The highest BCUT2D eigenvalue weighted by molar-refractivity contribution is 7.13. The lowest BCUT2D eigenvalue weighted by molar-refractivity contribution is -0.137.